The SMILES string of the molecule is CCNC(=O)[C@H](CC)N(Cc1ccccc1)C(=O)CSCc1ccc(Br)cc1. The molecule has 0 bridgehead atoms. The normalized spacial score (nSPS) is 11.7. The van der Waals surface area contributed by atoms with Crippen molar-refractivity contribution in [3.05, 3.63) is 70.2 Å². The molecule has 0 aliphatic rings. The second-order valence-corrected chi connectivity index (χ2v) is 8.35. The number of hydrogen-bond acceptors (Lipinski definition) is 3. The number of benzene rings is 2. The molecule has 0 unspecified atom stereocenters. The van der Waals surface area contributed by atoms with Gasteiger partial charge in [-0.25, -0.2) is 0 Å². The molecule has 2 rings (SSSR count). The summed E-state index contributed by atoms with van der Waals surface area (Å²) in [4.78, 5) is 27.3. The molecular formula is C22H27BrN2O2S. The Balaban J connectivity index is 2.06. The van der Waals surface area contributed by atoms with Gasteiger partial charge in [-0.15, -0.1) is 11.8 Å². The van der Waals surface area contributed by atoms with Crippen LogP contribution in [-0.4, -0.2) is 35.1 Å². The minimum atomic E-state index is -0.457. The molecule has 1 N–H and O–H groups in total. The first kappa shape index (κ1) is 22.5. The number of hydrogen-bond donors (Lipinski definition) is 1. The predicted octanol–water partition coefficient (Wildman–Crippen LogP) is 4.63. The fourth-order valence-corrected chi connectivity index (χ4v) is 4.05. The van der Waals surface area contributed by atoms with E-state index in [4.69, 9.17) is 0 Å². The summed E-state index contributed by atoms with van der Waals surface area (Å²) in [5.74, 6) is 1.01. The summed E-state index contributed by atoms with van der Waals surface area (Å²) in [5, 5.41) is 2.86. The molecule has 2 aromatic carbocycles. The quantitative estimate of drug-likeness (QED) is 0.559. The van der Waals surface area contributed by atoms with E-state index in [9.17, 15) is 9.59 Å². The van der Waals surface area contributed by atoms with Crippen LogP contribution in [0.2, 0.25) is 0 Å². The van der Waals surface area contributed by atoms with Gasteiger partial charge in [0.15, 0.2) is 0 Å². The molecule has 150 valence electrons. The van der Waals surface area contributed by atoms with Gasteiger partial charge < -0.3 is 10.2 Å². The first-order valence-corrected chi connectivity index (χ1v) is 11.4. The van der Waals surface area contributed by atoms with E-state index in [0.29, 0.717) is 25.3 Å². The summed E-state index contributed by atoms with van der Waals surface area (Å²) in [6, 6.07) is 17.5. The largest absolute Gasteiger partial charge is 0.355 e. The molecule has 6 heteroatoms. The van der Waals surface area contributed by atoms with E-state index in [1.165, 1.54) is 5.56 Å². The number of likely N-dealkylation sites (N-methyl/N-ethyl adjacent to an activating group) is 1. The lowest BCUT2D eigenvalue weighted by Gasteiger charge is -2.30. The predicted molar refractivity (Wildman–Crippen MR) is 120 cm³/mol. The van der Waals surface area contributed by atoms with Crippen LogP contribution in [-0.2, 0) is 21.9 Å². The first-order chi connectivity index (χ1) is 13.5. The number of carbonyl (C=O) groups is 2. The zero-order valence-corrected chi connectivity index (χ0v) is 18.8. The van der Waals surface area contributed by atoms with Gasteiger partial charge in [-0.05, 0) is 36.6 Å². The maximum atomic E-state index is 13.0. The van der Waals surface area contributed by atoms with Crippen molar-refractivity contribution >= 4 is 39.5 Å². The standard InChI is InChI=1S/C22H27BrN2O2S/c1-3-20(22(27)24-4-2)25(14-17-8-6-5-7-9-17)21(26)16-28-15-18-10-12-19(23)13-11-18/h5-13,20H,3-4,14-16H2,1-2H3,(H,24,27)/t20-/m0/s1. The van der Waals surface area contributed by atoms with E-state index in [0.717, 1.165) is 15.8 Å². The Hall–Kier alpha value is -1.79. The summed E-state index contributed by atoms with van der Waals surface area (Å²) < 4.78 is 1.04. The highest BCUT2D eigenvalue weighted by atomic mass is 79.9. The number of halogens is 1. The molecule has 0 saturated carbocycles. The Morgan fingerprint density at radius 3 is 2.32 bits per heavy atom. The summed E-state index contributed by atoms with van der Waals surface area (Å²) >= 11 is 5.01. The lowest BCUT2D eigenvalue weighted by molar-refractivity contribution is -0.139. The maximum Gasteiger partial charge on any atom is 0.242 e. The van der Waals surface area contributed by atoms with Crippen LogP contribution in [0.15, 0.2) is 59.1 Å². The van der Waals surface area contributed by atoms with Crippen LogP contribution in [0.1, 0.15) is 31.4 Å². The van der Waals surface area contributed by atoms with Gasteiger partial charge in [-0.3, -0.25) is 9.59 Å². The van der Waals surface area contributed by atoms with Crippen LogP contribution in [0.5, 0.6) is 0 Å². The summed E-state index contributed by atoms with van der Waals surface area (Å²) in [7, 11) is 0. The van der Waals surface area contributed by atoms with E-state index in [2.05, 4.69) is 21.2 Å². The highest BCUT2D eigenvalue weighted by Gasteiger charge is 2.28. The number of thioether (sulfide) groups is 1. The third-order valence-corrected chi connectivity index (χ3v) is 5.86. The average molecular weight is 463 g/mol. The van der Waals surface area contributed by atoms with Crippen molar-refractivity contribution in [1.29, 1.82) is 0 Å². The molecule has 0 aromatic heterocycles. The molecule has 1 atom stereocenters. The fourth-order valence-electron chi connectivity index (χ4n) is 2.91. The van der Waals surface area contributed by atoms with Crippen molar-refractivity contribution in [2.45, 2.75) is 38.6 Å². The Morgan fingerprint density at radius 2 is 1.71 bits per heavy atom. The fraction of sp³-hybridized carbons (Fsp3) is 0.364. The van der Waals surface area contributed by atoms with Crippen LogP contribution in [0.25, 0.3) is 0 Å². The molecule has 0 aliphatic carbocycles. The molecule has 0 spiro atoms. The number of rotatable bonds is 10. The number of nitrogens with zero attached hydrogens (tertiary/aromatic N) is 1. The van der Waals surface area contributed by atoms with Crippen molar-refractivity contribution in [1.82, 2.24) is 10.2 Å². The monoisotopic (exact) mass is 462 g/mol. The van der Waals surface area contributed by atoms with Crippen LogP contribution in [0, 0.1) is 0 Å². The van der Waals surface area contributed by atoms with E-state index in [-0.39, 0.29) is 11.8 Å². The van der Waals surface area contributed by atoms with Gasteiger partial charge in [0.1, 0.15) is 6.04 Å². The molecule has 2 amide bonds. The minimum absolute atomic E-state index is 0.0101. The number of carbonyl (C=O) groups excluding carboxylic acids is 2. The Kier molecular flexibility index (Phi) is 9.58. The Morgan fingerprint density at radius 1 is 1.04 bits per heavy atom. The minimum Gasteiger partial charge on any atom is -0.355 e. The zero-order chi connectivity index (χ0) is 20.4. The summed E-state index contributed by atoms with van der Waals surface area (Å²) in [6.45, 7) is 4.83. The molecule has 4 nitrogen and oxygen atoms in total. The maximum absolute atomic E-state index is 13.0. The second kappa shape index (κ2) is 11.9. The van der Waals surface area contributed by atoms with Crippen LogP contribution < -0.4 is 5.32 Å². The molecule has 0 radical (unpaired) electrons. The smallest absolute Gasteiger partial charge is 0.242 e. The number of nitrogens with one attached hydrogen (secondary N) is 1. The topological polar surface area (TPSA) is 49.4 Å². The highest BCUT2D eigenvalue weighted by Crippen LogP contribution is 2.18. The molecular weight excluding hydrogens is 436 g/mol. The van der Waals surface area contributed by atoms with Gasteiger partial charge in [0, 0.05) is 23.3 Å². The van der Waals surface area contributed by atoms with Crippen molar-refractivity contribution in [3.63, 3.8) is 0 Å². The molecule has 0 fully saturated rings. The highest BCUT2D eigenvalue weighted by molar-refractivity contribution is 9.10. The van der Waals surface area contributed by atoms with Gasteiger partial charge in [0.25, 0.3) is 0 Å². The summed E-state index contributed by atoms with van der Waals surface area (Å²) in [6.07, 6.45) is 0.585. The van der Waals surface area contributed by atoms with Gasteiger partial charge in [-0.2, -0.15) is 0 Å². The Bertz CT molecular complexity index is 753. The van der Waals surface area contributed by atoms with E-state index < -0.39 is 6.04 Å². The van der Waals surface area contributed by atoms with Gasteiger partial charge in [-0.1, -0.05) is 65.3 Å². The molecule has 2 aromatic rings. The lowest BCUT2D eigenvalue weighted by Crippen LogP contribution is -2.49. The van der Waals surface area contributed by atoms with Gasteiger partial charge >= 0.3 is 0 Å². The Labute approximate surface area is 180 Å². The molecule has 0 saturated heterocycles. The molecule has 0 heterocycles. The van der Waals surface area contributed by atoms with Crippen LogP contribution in [0.3, 0.4) is 0 Å². The van der Waals surface area contributed by atoms with E-state index in [1.807, 2.05) is 68.4 Å². The third kappa shape index (κ3) is 6.99. The van der Waals surface area contributed by atoms with Crippen molar-refractivity contribution < 1.29 is 9.59 Å². The lowest BCUT2D eigenvalue weighted by atomic mass is 10.1. The summed E-state index contributed by atoms with van der Waals surface area (Å²) in [5.41, 5.74) is 2.20. The van der Waals surface area contributed by atoms with Crippen LogP contribution in [0.4, 0.5) is 0 Å². The van der Waals surface area contributed by atoms with Crippen molar-refractivity contribution in [3.8, 4) is 0 Å². The van der Waals surface area contributed by atoms with Crippen molar-refractivity contribution in [2.75, 3.05) is 12.3 Å². The van der Waals surface area contributed by atoms with Crippen molar-refractivity contribution in [2.24, 2.45) is 0 Å². The average Bonchev–Trinajstić information content (AvgIpc) is 2.70. The third-order valence-electron chi connectivity index (χ3n) is 4.34. The number of amides is 2. The molecule has 28 heavy (non-hydrogen) atoms. The van der Waals surface area contributed by atoms with E-state index in [1.54, 1.807) is 16.7 Å². The zero-order valence-electron chi connectivity index (χ0n) is 16.4. The molecule has 0 aliphatic heterocycles. The first-order valence-electron chi connectivity index (χ1n) is 9.48. The van der Waals surface area contributed by atoms with Gasteiger partial charge in [0.2, 0.25) is 11.8 Å². The van der Waals surface area contributed by atoms with Gasteiger partial charge in [0.05, 0.1) is 5.75 Å². The van der Waals surface area contributed by atoms with E-state index >= 15 is 0 Å². The second-order valence-electron chi connectivity index (χ2n) is 6.45. The van der Waals surface area contributed by atoms with Crippen LogP contribution >= 0.6 is 27.7 Å².